The SMILES string of the molecule is O=C(CCN(CCN1CCCCC1)C(=O)c1cnccn1)NCc1ccccc1. The van der Waals surface area contributed by atoms with E-state index < -0.39 is 0 Å². The van der Waals surface area contributed by atoms with Crippen LogP contribution in [0.2, 0.25) is 0 Å². The van der Waals surface area contributed by atoms with Crippen molar-refractivity contribution in [2.24, 2.45) is 0 Å². The van der Waals surface area contributed by atoms with Crippen LogP contribution in [0.25, 0.3) is 0 Å². The summed E-state index contributed by atoms with van der Waals surface area (Å²) in [5.74, 6) is -0.241. The number of nitrogens with zero attached hydrogens (tertiary/aromatic N) is 4. The molecule has 2 aromatic rings. The molecule has 3 rings (SSSR count). The molecule has 1 N–H and O–H groups in total. The van der Waals surface area contributed by atoms with E-state index in [2.05, 4.69) is 20.2 Å². The summed E-state index contributed by atoms with van der Waals surface area (Å²) in [6, 6.07) is 9.79. The molecule has 1 fully saturated rings. The van der Waals surface area contributed by atoms with Gasteiger partial charge >= 0.3 is 0 Å². The van der Waals surface area contributed by atoms with Crippen molar-refractivity contribution in [2.45, 2.75) is 32.2 Å². The minimum Gasteiger partial charge on any atom is -0.352 e. The average molecular weight is 396 g/mol. The molecule has 1 aliphatic heterocycles. The smallest absolute Gasteiger partial charge is 0.274 e. The fourth-order valence-electron chi connectivity index (χ4n) is 3.45. The van der Waals surface area contributed by atoms with Gasteiger partial charge in [0.2, 0.25) is 5.91 Å². The van der Waals surface area contributed by atoms with Crippen molar-refractivity contribution >= 4 is 11.8 Å². The van der Waals surface area contributed by atoms with Gasteiger partial charge in [-0.2, -0.15) is 0 Å². The van der Waals surface area contributed by atoms with E-state index in [0.29, 0.717) is 25.3 Å². The van der Waals surface area contributed by atoms with Gasteiger partial charge in [0.15, 0.2) is 0 Å². The number of carbonyl (C=O) groups excluding carboxylic acids is 2. The molecule has 29 heavy (non-hydrogen) atoms. The lowest BCUT2D eigenvalue weighted by Gasteiger charge is -2.30. The first-order valence-corrected chi connectivity index (χ1v) is 10.3. The molecule has 0 saturated carbocycles. The molecule has 0 spiro atoms. The summed E-state index contributed by atoms with van der Waals surface area (Å²) < 4.78 is 0. The van der Waals surface area contributed by atoms with Crippen LogP contribution in [0.1, 0.15) is 41.7 Å². The molecule has 1 aromatic heterocycles. The number of likely N-dealkylation sites (tertiary alicyclic amines) is 1. The lowest BCUT2D eigenvalue weighted by Crippen LogP contribution is -2.42. The van der Waals surface area contributed by atoms with Gasteiger partial charge in [0, 0.05) is 45.0 Å². The lowest BCUT2D eigenvalue weighted by molar-refractivity contribution is -0.121. The molecule has 2 heterocycles. The fourth-order valence-corrected chi connectivity index (χ4v) is 3.45. The van der Waals surface area contributed by atoms with Crippen molar-refractivity contribution in [1.29, 1.82) is 0 Å². The van der Waals surface area contributed by atoms with Gasteiger partial charge in [-0.1, -0.05) is 36.8 Å². The molecule has 1 saturated heterocycles. The van der Waals surface area contributed by atoms with E-state index in [9.17, 15) is 9.59 Å². The third kappa shape index (κ3) is 6.94. The van der Waals surface area contributed by atoms with Crippen molar-refractivity contribution in [1.82, 2.24) is 25.1 Å². The molecule has 1 aromatic carbocycles. The Morgan fingerprint density at radius 1 is 1.03 bits per heavy atom. The van der Waals surface area contributed by atoms with E-state index in [0.717, 1.165) is 25.2 Å². The second-order valence-electron chi connectivity index (χ2n) is 7.30. The number of amides is 2. The molecule has 0 aliphatic carbocycles. The van der Waals surface area contributed by atoms with Gasteiger partial charge in [-0.3, -0.25) is 14.6 Å². The Morgan fingerprint density at radius 2 is 1.83 bits per heavy atom. The summed E-state index contributed by atoms with van der Waals surface area (Å²) in [5, 5.41) is 2.92. The first-order chi connectivity index (χ1) is 14.2. The van der Waals surface area contributed by atoms with Gasteiger partial charge in [0.1, 0.15) is 5.69 Å². The monoisotopic (exact) mass is 395 g/mol. The van der Waals surface area contributed by atoms with Crippen LogP contribution in [-0.4, -0.2) is 64.3 Å². The Hall–Kier alpha value is -2.80. The van der Waals surface area contributed by atoms with Gasteiger partial charge < -0.3 is 15.1 Å². The van der Waals surface area contributed by atoms with Crippen molar-refractivity contribution in [3.05, 3.63) is 60.2 Å². The first kappa shape index (κ1) is 20.9. The second kappa shape index (κ2) is 11.3. The Balaban J connectivity index is 1.53. The summed E-state index contributed by atoms with van der Waals surface area (Å²) in [6.07, 6.45) is 8.50. The zero-order chi connectivity index (χ0) is 20.3. The average Bonchev–Trinajstić information content (AvgIpc) is 2.79. The summed E-state index contributed by atoms with van der Waals surface area (Å²) in [7, 11) is 0. The van der Waals surface area contributed by atoms with E-state index in [1.807, 2.05) is 30.3 Å². The van der Waals surface area contributed by atoms with E-state index in [-0.39, 0.29) is 18.2 Å². The minimum absolute atomic E-state index is 0.0660. The normalized spacial score (nSPS) is 14.3. The molecule has 7 heteroatoms. The number of piperidine rings is 1. The zero-order valence-electron chi connectivity index (χ0n) is 16.8. The highest BCUT2D eigenvalue weighted by atomic mass is 16.2. The van der Waals surface area contributed by atoms with Gasteiger partial charge in [-0.15, -0.1) is 0 Å². The summed E-state index contributed by atoms with van der Waals surface area (Å²) >= 11 is 0. The molecule has 2 amide bonds. The predicted octanol–water partition coefficient (Wildman–Crippen LogP) is 2.11. The molecule has 0 atom stereocenters. The van der Waals surface area contributed by atoms with Crippen LogP contribution in [0.15, 0.2) is 48.9 Å². The standard InChI is InChI=1S/C22H29N5O2/c28-21(25-17-19-7-3-1-4-8-19)9-14-27(16-15-26-12-5-2-6-13-26)22(29)20-18-23-10-11-24-20/h1,3-4,7-8,10-11,18H,2,5-6,9,12-17H2,(H,25,28). The number of aromatic nitrogens is 2. The summed E-state index contributed by atoms with van der Waals surface area (Å²) in [6.45, 7) is 4.41. The largest absolute Gasteiger partial charge is 0.352 e. The summed E-state index contributed by atoms with van der Waals surface area (Å²) in [4.78, 5) is 37.4. The Bertz CT molecular complexity index is 763. The highest BCUT2D eigenvalue weighted by molar-refractivity contribution is 5.92. The number of carbonyl (C=O) groups is 2. The topological polar surface area (TPSA) is 78.4 Å². The fraction of sp³-hybridized carbons (Fsp3) is 0.455. The highest BCUT2D eigenvalue weighted by Gasteiger charge is 2.20. The van der Waals surface area contributed by atoms with Crippen LogP contribution in [-0.2, 0) is 11.3 Å². The van der Waals surface area contributed by atoms with Crippen molar-refractivity contribution in [2.75, 3.05) is 32.7 Å². The number of nitrogens with one attached hydrogen (secondary N) is 1. The van der Waals surface area contributed by atoms with Gasteiger partial charge in [-0.05, 0) is 31.5 Å². The van der Waals surface area contributed by atoms with Crippen molar-refractivity contribution < 1.29 is 9.59 Å². The van der Waals surface area contributed by atoms with Gasteiger partial charge in [0.25, 0.3) is 5.91 Å². The molecular formula is C22H29N5O2. The Kier molecular flexibility index (Phi) is 8.12. The van der Waals surface area contributed by atoms with Crippen molar-refractivity contribution in [3.63, 3.8) is 0 Å². The lowest BCUT2D eigenvalue weighted by atomic mass is 10.1. The quantitative estimate of drug-likeness (QED) is 0.704. The van der Waals surface area contributed by atoms with Crippen LogP contribution in [0, 0.1) is 0 Å². The third-order valence-electron chi connectivity index (χ3n) is 5.15. The van der Waals surface area contributed by atoms with E-state index in [1.165, 1.54) is 31.7 Å². The zero-order valence-corrected chi connectivity index (χ0v) is 16.8. The van der Waals surface area contributed by atoms with Crippen LogP contribution in [0.5, 0.6) is 0 Å². The van der Waals surface area contributed by atoms with Crippen LogP contribution in [0.3, 0.4) is 0 Å². The maximum atomic E-state index is 12.9. The van der Waals surface area contributed by atoms with Crippen LogP contribution >= 0.6 is 0 Å². The molecule has 1 aliphatic rings. The van der Waals surface area contributed by atoms with Crippen LogP contribution in [0.4, 0.5) is 0 Å². The van der Waals surface area contributed by atoms with Gasteiger partial charge in [0.05, 0.1) is 6.20 Å². The number of benzene rings is 1. The second-order valence-corrected chi connectivity index (χ2v) is 7.30. The van der Waals surface area contributed by atoms with E-state index >= 15 is 0 Å². The first-order valence-electron chi connectivity index (χ1n) is 10.3. The van der Waals surface area contributed by atoms with Gasteiger partial charge in [-0.25, -0.2) is 4.98 Å². The van der Waals surface area contributed by atoms with E-state index in [4.69, 9.17) is 0 Å². The molecule has 154 valence electrons. The molecule has 0 unspecified atom stereocenters. The molecule has 7 nitrogen and oxygen atoms in total. The molecule has 0 bridgehead atoms. The van der Waals surface area contributed by atoms with Crippen LogP contribution < -0.4 is 5.32 Å². The maximum absolute atomic E-state index is 12.9. The third-order valence-corrected chi connectivity index (χ3v) is 5.15. The van der Waals surface area contributed by atoms with E-state index in [1.54, 1.807) is 11.1 Å². The highest BCUT2D eigenvalue weighted by Crippen LogP contribution is 2.09. The number of hydrogen-bond donors (Lipinski definition) is 1. The van der Waals surface area contributed by atoms with Crippen molar-refractivity contribution in [3.8, 4) is 0 Å². The minimum atomic E-state index is -0.175. The molecule has 0 radical (unpaired) electrons. The maximum Gasteiger partial charge on any atom is 0.274 e. The summed E-state index contributed by atoms with van der Waals surface area (Å²) in [5.41, 5.74) is 1.37. The number of hydrogen-bond acceptors (Lipinski definition) is 5. The predicted molar refractivity (Wildman–Crippen MR) is 111 cm³/mol. The Morgan fingerprint density at radius 3 is 2.55 bits per heavy atom. The Labute approximate surface area is 172 Å². The number of rotatable bonds is 9. The molecular weight excluding hydrogens is 366 g/mol.